The van der Waals surface area contributed by atoms with Crippen LogP contribution in [0, 0.1) is 0 Å². The minimum Gasteiger partial charge on any atom is -0.393 e. The molecule has 0 fully saturated rings. The van der Waals surface area contributed by atoms with Crippen molar-refractivity contribution in [3.05, 3.63) is 35.4 Å². The summed E-state index contributed by atoms with van der Waals surface area (Å²) >= 11 is 0. The Morgan fingerprint density at radius 2 is 2.14 bits per heavy atom. The lowest BCUT2D eigenvalue weighted by molar-refractivity contribution is -0.0145. The van der Waals surface area contributed by atoms with Crippen LogP contribution in [-0.4, -0.2) is 17.3 Å². The molecule has 0 spiro atoms. The van der Waals surface area contributed by atoms with Gasteiger partial charge in [0, 0.05) is 5.92 Å². The van der Waals surface area contributed by atoms with Crippen LogP contribution in [0.25, 0.3) is 0 Å². The zero-order valence-electron chi connectivity index (χ0n) is 8.60. The van der Waals surface area contributed by atoms with Gasteiger partial charge >= 0.3 is 0 Å². The first-order valence-corrected chi connectivity index (χ1v) is 5.07. The SMILES string of the molecule is CC(O)C1c2ccccc2COC1C. The standard InChI is InChI=1S/C12H16O2/c1-8(13)12-9(2)14-7-10-5-3-4-6-11(10)12/h3-6,8-9,12-13H,7H2,1-2H3. The quantitative estimate of drug-likeness (QED) is 0.738. The van der Waals surface area contributed by atoms with E-state index in [-0.39, 0.29) is 18.1 Å². The van der Waals surface area contributed by atoms with Crippen molar-refractivity contribution in [1.82, 2.24) is 0 Å². The maximum absolute atomic E-state index is 9.71. The summed E-state index contributed by atoms with van der Waals surface area (Å²) in [6, 6.07) is 8.19. The van der Waals surface area contributed by atoms with Crippen LogP contribution in [0.3, 0.4) is 0 Å². The van der Waals surface area contributed by atoms with Gasteiger partial charge in [-0.3, -0.25) is 0 Å². The van der Waals surface area contributed by atoms with E-state index in [4.69, 9.17) is 4.74 Å². The lowest BCUT2D eigenvalue weighted by Gasteiger charge is -2.33. The molecule has 1 aliphatic heterocycles. The highest BCUT2D eigenvalue weighted by Crippen LogP contribution is 2.33. The fraction of sp³-hybridized carbons (Fsp3) is 0.500. The third kappa shape index (κ3) is 1.56. The maximum Gasteiger partial charge on any atom is 0.0723 e. The third-order valence-electron chi connectivity index (χ3n) is 2.94. The average Bonchev–Trinajstić information content (AvgIpc) is 2.17. The lowest BCUT2D eigenvalue weighted by atomic mass is 9.85. The van der Waals surface area contributed by atoms with Crippen LogP contribution < -0.4 is 0 Å². The number of rotatable bonds is 1. The summed E-state index contributed by atoms with van der Waals surface area (Å²) in [4.78, 5) is 0. The monoisotopic (exact) mass is 192 g/mol. The predicted octanol–water partition coefficient (Wildman–Crippen LogP) is 2.07. The van der Waals surface area contributed by atoms with E-state index in [1.54, 1.807) is 0 Å². The van der Waals surface area contributed by atoms with Crippen molar-refractivity contribution in [2.45, 2.75) is 38.6 Å². The molecule has 0 amide bonds. The lowest BCUT2D eigenvalue weighted by Crippen LogP contribution is -2.32. The Bertz CT molecular complexity index is 320. The van der Waals surface area contributed by atoms with E-state index in [0.717, 1.165) is 0 Å². The highest BCUT2D eigenvalue weighted by atomic mass is 16.5. The van der Waals surface area contributed by atoms with Gasteiger partial charge in [-0.25, -0.2) is 0 Å². The fourth-order valence-corrected chi connectivity index (χ4v) is 2.22. The van der Waals surface area contributed by atoms with Gasteiger partial charge in [0.25, 0.3) is 0 Å². The van der Waals surface area contributed by atoms with Crippen LogP contribution in [0.5, 0.6) is 0 Å². The Hall–Kier alpha value is -0.860. The van der Waals surface area contributed by atoms with Gasteiger partial charge in [0.2, 0.25) is 0 Å². The molecule has 1 aliphatic rings. The molecule has 0 saturated carbocycles. The summed E-state index contributed by atoms with van der Waals surface area (Å²) in [7, 11) is 0. The highest BCUT2D eigenvalue weighted by Gasteiger charge is 2.30. The van der Waals surface area contributed by atoms with E-state index in [1.807, 2.05) is 26.0 Å². The molecular formula is C12H16O2. The first kappa shape index (κ1) is 9.69. The van der Waals surface area contributed by atoms with E-state index in [2.05, 4.69) is 12.1 Å². The van der Waals surface area contributed by atoms with Gasteiger partial charge in [-0.15, -0.1) is 0 Å². The van der Waals surface area contributed by atoms with E-state index < -0.39 is 0 Å². The molecule has 2 heteroatoms. The molecule has 0 bridgehead atoms. The molecule has 1 aromatic carbocycles. The Morgan fingerprint density at radius 3 is 2.86 bits per heavy atom. The fourth-order valence-electron chi connectivity index (χ4n) is 2.22. The zero-order valence-corrected chi connectivity index (χ0v) is 8.60. The van der Waals surface area contributed by atoms with Crippen LogP contribution in [0.15, 0.2) is 24.3 Å². The van der Waals surface area contributed by atoms with Gasteiger partial charge in [0.1, 0.15) is 0 Å². The molecule has 3 atom stereocenters. The van der Waals surface area contributed by atoms with Crippen LogP contribution in [0.1, 0.15) is 30.9 Å². The average molecular weight is 192 g/mol. The highest BCUT2D eigenvalue weighted by molar-refractivity contribution is 5.33. The second-order valence-electron chi connectivity index (χ2n) is 3.98. The molecule has 2 rings (SSSR count). The summed E-state index contributed by atoms with van der Waals surface area (Å²) in [6.45, 7) is 4.51. The number of benzene rings is 1. The predicted molar refractivity (Wildman–Crippen MR) is 55.1 cm³/mol. The first-order chi connectivity index (χ1) is 6.70. The molecule has 0 saturated heterocycles. The first-order valence-electron chi connectivity index (χ1n) is 5.07. The van der Waals surface area contributed by atoms with Crippen molar-refractivity contribution in [3.8, 4) is 0 Å². The summed E-state index contributed by atoms with van der Waals surface area (Å²) in [5, 5.41) is 9.71. The zero-order chi connectivity index (χ0) is 10.1. The second-order valence-corrected chi connectivity index (χ2v) is 3.98. The number of fused-ring (bicyclic) bond motifs is 1. The third-order valence-corrected chi connectivity index (χ3v) is 2.94. The Balaban J connectivity index is 2.41. The molecule has 0 aliphatic carbocycles. The summed E-state index contributed by atoms with van der Waals surface area (Å²) in [5.74, 6) is 0.111. The molecule has 1 heterocycles. The van der Waals surface area contributed by atoms with Gasteiger partial charge < -0.3 is 9.84 Å². The van der Waals surface area contributed by atoms with E-state index in [1.165, 1.54) is 11.1 Å². The van der Waals surface area contributed by atoms with Gasteiger partial charge in [-0.2, -0.15) is 0 Å². The number of ether oxygens (including phenoxy) is 1. The summed E-state index contributed by atoms with van der Waals surface area (Å²) in [5.41, 5.74) is 2.44. The van der Waals surface area contributed by atoms with Crippen molar-refractivity contribution < 1.29 is 9.84 Å². The number of hydrogen-bond donors (Lipinski definition) is 1. The van der Waals surface area contributed by atoms with E-state index in [9.17, 15) is 5.11 Å². The van der Waals surface area contributed by atoms with E-state index in [0.29, 0.717) is 6.61 Å². The Kier molecular flexibility index (Phi) is 2.57. The van der Waals surface area contributed by atoms with Gasteiger partial charge in [-0.1, -0.05) is 24.3 Å². The van der Waals surface area contributed by atoms with Crippen molar-refractivity contribution >= 4 is 0 Å². The van der Waals surface area contributed by atoms with Crippen LogP contribution in [-0.2, 0) is 11.3 Å². The number of hydrogen-bond acceptors (Lipinski definition) is 2. The summed E-state index contributed by atoms with van der Waals surface area (Å²) in [6.07, 6.45) is -0.253. The van der Waals surface area contributed by atoms with Gasteiger partial charge in [0.05, 0.1) is 18.8 Å². The van der Waals surface area contributed by atoms with Crippen molar-refractivity contribution in [2.24, 2.45) is 0 Å². The Labute approximate surface area is 84.5 Å². The smallest absolute Gasteiger partial charge is 0.0723 e. The topological polar surface area (TPSA) is 29.5 Å². The minimum atomic E-state index is -0.355. The molecule has 2 nitrogen and oxygen atoms in total. The molecule has 1 aromatic rings. The van der Waals surface area contributed by atoms with Gasteiger partial charge in [0.15, 0.2) is 0 Å². The van der Waals surface area contributed by atoms with Crippen LogP contribution >= 0.6 is 0 Å². The molecule has 0 aromatic heterocycles. The molecule has 3 unspecified atom stereocenters. The van der Waals surface area contributed by atoms with Crippen molar-refractivity contribution in [2.75, 3.05) is 0 Å². The van der Waals surface area contributed by atoms with Gasteiger partial charge in [-0.05, 0) is 25.0 Å². The van der Waals surface area contributed by atoms with Crippen LogP contribution in [0.2, 0.25) is 0 Å². The molecule has 14 heavy (non-hydrogen) atoms. The molecule has 1 N–H and O–H groups in total. The molecule has 0 radical (unpaired) electrons. The second kappa shape index (κ2) is 3.71. The summed E-state index contributed by atoms with van der Waals surface area (Å²) < 4.78 is 5.62. The van der Waals surface area contributed by atoms with Crippen LogP contribution in [0.4, 0.5) is 0 Å². The Morgan fingerprint density at radius 1 is 1.43 bits per heavy atom. The molecular weight excluding hydrogens is 176 g/mol. The van der Waals surface area contributed by atoms with E-state index >= 15 is 0 Å². The minimum absolute atomic E-state index is 0.102. The number of aliphatic hydroxyl groups is 1. The normalized spacial score (nSPS) is 28.2. The largest absolute Gasteiger partial charge is 0.393 e. The molecule has 76 valence electrons. The van der Waals surface area contributed by atoms with Crippen molar-refractivity contribution in [3.63, 3.8) is 0 Å². The maximum atomic E-state index is 9.71. The number of aliphatic hydroxyl groups excluding tert-OH is 1. The van der Waals surface area contributed by atoms with Crippen molar-refractivity contribution in [1.29, 1.82) is 0 Å².